The smallest absolute Gasteiger partial charge is 0.297 e. The van der Waals surface area contributed by atoms with Gasteiger partial charge in [-0.2, -0.15) is 0 Å². The van der Waals surface area contributed by atoms with Crippen molar-refractivity contribution in [3.05, 3.63) is 217 Å². The van der Waals surface area contributed by atoms with E-state index in [9.17, 15) is 0 Å². The van der Waals surface area contributed by atoms with Gasteiger partial charge in [0.05, 0.1) is 17.0 Å². The molecule has 0 saturated heterocycles. The quantitative estimate of drug-likeness (QED) is 0.164. The van der Waals surface area contributed by atoms with Gasteiger partial charge in [0.25, 0.3) is 13.4 Å². The second kappa shape index (κ2) is 15.7. The zero-order valence-electron chi connectivity index (χ0n) is 42.4. The molecule has 9 aromatic carbocycles. The van der Waals surface area contributed by atoms with Crippen LogP contribution in [0.2, 0.25) is 0 Å². The van der Waals surface area contributed by atoms with E-state index in [-0.39, 0.29) is 24.3 Å². The maximum atomic E-state index is 7.38. The minimum Gasteiger partial charge on any atom is -0.468 e. The Bertz CT molecular complexity index is 3820. The Morgan fingerprint density at radius 2 is 0.770 bits per heavy atom. The van der Waals surface area contributed by atoms with Crippen LogP contribution in [0.4, 0.5) is 68.2 Å². The topological polar surface area (TPSA) is 26.1 Å². The predicted molar refractivity (Wildman–Crippen MR) is 317 cm³/mol. The minimum atomic E-state index is -0.230. The standard InChI is InChI=1S/C66H52B2N4OS/c1-65(2,3)41-35-53-59-55(37-41)71(45-27-15-9-16-28-45)61-47-31-19-21-33-57(47)73-63(61)67(59)49-39-52-50(40-51(49)69(53)43-23-11-7-12-24-43)68-60-54(70(52)44-25-13-8-14-26-44)36-42(66(4,5)6)38-56(60)72(46-29-17-10-18-30-46)62-48-32-20-22-34-58(48)74-64(62)68/h7-40H,1-6H3. The van der Waals surface area contributed by atoms with Gasteiger partial charge in [-0.1, -0.05) is 145 Å². The molecule has 0 spiro atoms. The first-order valence-electron chi connectivity index (χ1n) is 26.0. The number of anilines is 12. The summed E-state index contributed by atoms with van der Waals surface area (Å²) in [6, 6.07) is 76.9. The Hall–Kier alpha value is -8.19. The third-order valence-electron chi connectivity index (χ3n) is 16.0. The summed E-state index contributed by atoms with van der Waals surface area (Å²) < 4.78 is 10.0. The molecule has 8 heteroatoms. The van der Waals surface area contributed by atoms with Crippen LogP contribution in [0.25, 0.3) is 21.1 Å². The highest BCUT2D eigenvalue weighted by molar-refractivity contribution is 7.33. The molecule has 15 rings (SSSR count). The van der Waals surface area contributed by atoms with Crippen molar-refractivity contribution in [3.63, 3.8) is 0 Å². The average Bonchev–Trinajstić information content (AvgIpc) is 4.02. The summed E-state index contributed by atoms with van der Waals surface area (Å²) in [6.07, 6.45) is 0. The van der Waals surface area contributed by atoms with Gasteiger partial charge >= 0.3 is 0 Å². The zero-order chi connectivity index (χ0) is 49.8. The lowest BCUT2D eigenvalue weighted by molar-refractivity contribution is 0.590. The Labute approximate surface area is 437 Å². The largest absolute Gasteiger partial charge is 0.468 e. The Morgan fingerprint density at radius 3 is 1.27 bits per heavy atom. The van der Waals surface area contributed by atoms with E-state index in [0.717, 1.165) is 45.1 Å². The van der Waals surface area contributed by atoms with Gasteiger partial charge < -0.3 is 24.0 Å². The van der Waals surface area contributed by atoms with E-state index >= 15 is 0 Å². The molecule has 2 aromatic heterocycles. The van der Waals surface area contributed by atoms with E-state index in [1.54, 1.807) is 0 Å². The summed E-state index contributed by atoms with van der Waals surface area (Å²) in [5, 5.41) is 2.38. The van der Waals surface area contributed by atoms with E-state index in [4.69, 9.17) is 4.42 Å². The van der Waals surface area contributed by atoms with Gasteiger partial charge in [-0.3, -0.25) is 0 Å². The molecule has 0 bridgehead atoms. The maximum Gasteiger partial charge on any atom is 0.297 e. The fourth-order valence-corrected chi connectivity index (χ4v) is 13.9. The molecule has 4 aliphatic rings. The molecule has 0 N–H and O–H groups in total. The number of benzene rings is 9. The van der Waals surface area contributed by atoms with Crippen LogP contribution in [-0.2, 0) is 10.8 Å². The second-order valence-electron chi connectivity index (χ2n) is 22.5. The number of nitrogens with zero attached hydrogens (tertiary/aromatic N) is 4. The van der Waals surface area contributed by atoms with Gasteiger partial charge in [0.15, 0.2) is 0 Å². The van der Waals surface area contributed by atoms with Crippen LogP contribution in [0.5, 0.6) is 0 Å². The SMILES string of the molecule is CC(C)(C)c1cc2c3c(c1)N(c1ccccc1)c1c(oc4ccccc14)B3c1cc3c(cc1N2c1ccccc1)B1c2sc4ccccc4c2N(c2ccccc2)c2cc(C(C)(C)C)cc(c21)N3c1ccccc1. The number of hydrogen-bond acceptors (Lipinski definition) is 6. The molecule has 4 aliphatic heterocycles. The van der Waals surface area contributed by atoms with Crippen molar-refractivity contribution in [2.24, 2.45) is 0 Å². The molecule has 5 nitrogen and oxygen atoms in total. The molecule has 0 fully saturated rings. The first-order valence-corrected chi connectivity index (χ1v) is 26.8. The fourth-order valence-electron chi connectivity index (χ4n) is 12.6. The first-order chi connectivity index (χ1) is 36.0. The van der Waals surface area contributed by atoms with Crippen molar-refractivity contribution < 1.29 is 4.42 Å². The van der Waals surface area contributed by atoms with E-state index in [1.807, 2.05) is 11.3 Å². The highest BCUT2D eigenvalue weighted by Gasteiger charge is 2.51. The summed E-state index contributed by atoms with van der Waals surface area (Å²) in [6.45, 7) is 13.8. The monoisotopic (exact) mass is 970 g/mol. The molecular weight excluding hydrogens is 918 g/mol. The molecule has 354 valence electrons. The van der Waals surface area contributed by atoms with Gasteiger partial charge in [-0.25, -0.2) is 0 Å². The third kappa shape index (κ3) is 6.18. The zero-order valence-corrected chi connectivity index (χ0v) is 43.2. The Balaban J connectivity index is 1.11. The number of rotatable bonds is 4. The van der Waals surface area contributed by atoms with E-state index < -0.39 is 0 Å². The van der Waals surface area contributed by atoms with Crippen LogP contribution in [0, 0.1) is 0 Å². The summed E-state index contributed by atoms with van der Waals surface area (Å²) in [4.78, 5) is 10.2. The average molecular weight is 971 g/mol. The van der Waals surface area contributed by atoms with E-state index in [1.165, 1.54) is 87.7 Å². The Kier molecular flexibility index (Phi) is 9.18. The highest BCUT2D eigenvalue weighted by atomic mass is 32.1. The molecule has 0 atom stereocenters. The van der Waals surface area contributed by atoms with Crippen LogP contribution in [0.3, 0.4) is 0 Å². The molecular formula is C66H52B2N4OS. The number of hydrogen-bond donors (Lipinski definition) is 0. The lowest BCUT2D eigenvalue weighted by Gasteiger charge is -2.47. The van der Waals surface area contributed by atoms with Crippen LogP contribution >= 0.6 is 11.3 Å². The number of furan rings is 1. The van der Waals surface area contributed by atoms with Crippen LogP contribution < -0.4 is 51.9 Å². The molecule has 0 amide bonds. The first kappa shape index (κ1) is 43.4. The lowest BCUT2D eigenvalue weighted by atomic mass is 9.33. The lowest BCUT2D eigenvalue weighted by Crippen LogP contribution is -2.64. The predicted octanol–water partition coefficient (Wildman–Crippen LogP) is 14.4. The summed E-state index contributed by atoms with van der Waals surface area (Å²) >= 11 is 1.95. The van der Waals surface area contributed by atoms with Crippen LogP contribution in [0.1, 0.15) is 52.7 Å². The summed E-state index contributed by atoms with van der Waals surface area (Å²) in [5.74, 6) is 0. The molecule has 11 aromatic rings. The van der Waals surface area contributed by atoms with Gasteiger partial charge in [0.1, 0.15) is 5.58 Å². The molecule has 0 saturated carbocycles. The number of fused-ring (bicyclic) bond motifs is 12. The number of thiophene rings is 1. The molecule has 0 unspecified atom stereocenters. The van der Waals surface area contributed by atoms with Crippen molar-refractivity contribution >= 4 is 146 Å². The summed E-state index contributed by atoms with van der Waals surface area (Å²) in [7, 11) is 0. The molecule has 0 aliphatic carbocycles. The molecule has 0 radical (unpaired) electrons. The summed E-state index contributed by atoms with van der Waals surface area (Å²) in [5.41, 5.74) is 23.2. The molecule has 6 heterocycles. The van der Waals surface area contributed by atoms with E-state index in [0.29, 0.717) is 0 Å². The van der Waals surface area contributed by atoms with Gasteiger partial charge in [-0.05, 0) is 147 Å². The van der Waals surface area contributed by atoms with Gasteiger partial charge in [0, 0.05) is 77.1 Å². The van der Waals surface area contributed by atoms with Crippen LogP contribution in [-0.4, -0.2) is 13.4 Å². The van der Waals surface area contributed by atoms with Gasteiger partial charge in [0.2, 0.25) is 0 Å². The van der Waals surface area contributed by atoms with Crippen molar-refractivity contribution in [1.29, 1.82) is 0 Å². The minimum absolute atomic E-state index is 0.0705. The second-order valence-corrected chi connectivity index (χ2v) is 23.6. The van der Waals surface area contributed by atoms with E-state index in [2.05, 4.69) is 267 Å². The highest BCUT2D eigenvalue weighted by Crippen LogP contribution is 2.52. The normalized spacial score (nSPS) is 14.2. The third-order valence-corrected chi connectivity index (χ3v) is 17.3. The number of para-hydroxylation sites is 5. The van der Waals surface area contributed by atoms with Gasteiger partial charge in [-0.15, -0.1) is 11.3 Å². The fraction of sp³-hybridized carbons (Fsp3) is 0.121. The molecule has 74 heavy (non-hydrogen) atoms. The van der Waals surface area contributed by atoms with Crippen molar-refractivity contribution in [2.75, 3.05) is 19.6 Å². The van der Waals surface area contributed by atoms with Crippen LogP contribution in [0.15, 0.2) is 211 Å². The Morgan fingerprint density at radius 1 is 0.378 bits per heavy atom. The van der Waals surface area contributed by atoms with Crippen molar-refractivity contribution in [3.8, 4) is 0 Å². The van der Waals surface area contributed by atoms with Crippen molar-refractivity contribution in [1.82, 2.24) is 0 Å². The van der Waals surface area contributed by atoms with Crippen molar-refractivity contribution in [2.45, 2.75) is 52.4 Å². The maximum absolute atomic E-state index is 7.38.